The quantitative estimate of drug-likeness (QED) is 0.839. The van der Waals surface area contributed by atoms with E-state index in [1.165, 1.54) is 31.2 Å². The lowest BCUT2D eigenvalue weighted by Crippen LogP contribution is -2.15. The molecule has 0 spiro atoms. The molecule has 0 unspecified atom stereocenters. The van der Waals surface area contributed by atoms with Crippen LogP contribution in [0, 0.1) is 6.92 Å². The summed E-state index contributed by atoms with van der Waals surface area (Å²) in [6, 6.07) is 4.01. The molecule has 102 valence electrons. The number of anilines is 1. The standard InChI is InChI=1S/C14H20N4O/c1-11-6-7-13-16-14(17-18(13)10-11)15-8-9-19-12-4-2-3-5-12/h6-7,10,12H,2-5,8-9H2,1H3,(H,15,17). The molecule has 0 radical (unpaired) electrons. The molecule has 1 fully saturated rings. The highest BCUT2D eigenvalue weighted by molar-refractivity contribution is 5.43. The third kappa shape index (κ3) is 3.04. The van der Waals surface area contributed by atoms with Crippen molar-refractivity contribution in [1.29, 1.82) is 0 Å². The molecule has 3 rings (SSSR count). The summed E-state index contributed by atoms with van der Waals surface area (Å²) in [7, 11) is 0. The smallest absolute Gasteiger partial charge is 0.243 e. The van der Waals surface area contributed by atoms with Crippen LogP contribution in [0.3, 0.4) is 0 Å². The second-order valence-electron chi connectivity index (χ2n) is 5.15. The summed E-state index contributed by atoms with van der Waals surface area (Å²) in [5, 5.41) is 7.59. The molecular weight excluding hydrogens is 240 g/mol. The highest BCUT2D eigenvalue weighted by Crippen LogP contribution is 2.20. The third-order valence-electron chi connectivity index (χ3n) is 3.52. The zero-order valence-electron chi connectivity index (χ0n) is 11.3. The predicted molar refractivity (Wildman–Crippen MR) is 74.4 cm³/mol. The molecule has 0 aliphatic heterocycles. The van der Waals surface area contributed by atoms with Gasteiger partial charge in [0.1, 0.15) is 0 Å². The van der Waals surface area contributed by atoms with E-state index in [-0.39, 0.29) is 0 Å². The van der Waals surface area contributed by atoms with Gasteiger partial charge in [-0.1, -0.05) is 18.9 Å². The molecule has 5 nitrogen and oxygen atoms in total. The van der Waals surface area contributed by atoms with E-state index in [9.17, 15) is 0 Å². The fourth-order valence-corrected chi connectivity index (χ4v) is 2.50. The fraction of sp³-hybridized carbons (Fsp3) is 0.571. The summed E-state index contributed by atoms with van der Waals surface area (Å²) < 4.78 is 7.59. The average molecular weight is 260 g/mol. The van der Waals surface area contributed by atoms with Gasteiger partial charge in [0, 0.05) is 12.7 Å². The maximum atomic E-state index is 5.79. The van der Waals surface area contributed by atoms with E-state index in [2.05, 4.69) is 15.4 Å². The van der Waals surface area contributed by atoms with E-state index in [0.717, 1.165) is 18.8 Å². The van der Waals surface area contributed by atoms with Gasteiger partial charge in [0.25, 0.3) is 0 Å². The highest BCUT2D eigenvalue weighted by atomic mass is 16.5. The van der Waals surface area contributed by atoms with Crippen molar-refractivity contribution < 1.29 is 4.74 Å². The number of rotatable bonds is 5. The van der Waals surface area contributed by atoms with Crippen molar-refractivity contribution in [2.75, 3.05) is 18.5 Å². The Hall–Kier alpha value is -1.62. The number of hydrogen-bond acceptors (Lipinski definition) is 4. The van der Waals surface area contributed by atoms with E-state index >= 15 is 0 Å². The van der Waals surface area contributed by atoms with E-state index in [4.69, 9.17) is 4.74 Å². The second kappa shape index (κ2) is 5.57. The van der Waals surface area contributed by atoms with Crippen molar-refractivity contribution in [3.05, 3.63) is 23.9 Å². The summed E-state index contributed by atoms with van der Waals surface area (Å²) in [5.74, 6) is 0.667. The summed E-state index contributed by atoms with van der Waals surface area (Å²) in [6.07, 6.45) is 7.50. The van der Waals surface area contributed by atoms with E-state index in [0.29, 0.717) is 12.1 Å². The first-order valence-electron chi connectivity index (χ1n) is 7.00. The van der Waals surface area contributed by atoms with Crippen LogP contribution in [0.5, 0.6) is 0 Å². The molecule has 19 heavy (non-hydrogen) atoms. The van der Waals surface area contributed by atoms with Crippen LogP contribution in [0.1, 0.15) is 31.2 Å². The van der Waals surface area contributed by atoms with Gasteiger partial charge in [-0.05, 0) is 31.4 Å². The number of hydrogen-bond donors (Lipinski definition) is 1. The summed E-state index contributed by atoms with van der Waals surface area (Å²) in [5.41, 5.74) is 2.04. The molecule has 0 saturated heterocycles. The number of fused-ring (bicyclic) bond motifs is 1. The molecule has 0 atom stereocenters. The van der Waals surface area contributed by atoms with Crippen molar-refractivity contribution in [3.63, 3.8) is 0 Å². The van der Waals surface area contributed by atoms with E-state index < -0.39 is 0 Å². The molecule has 0 bridgehead atoms. The Balaban J connectivity index is 1.50. The second-order valence-corrected chi connectivity index (χ2v) is 5.15. The molecule has 2 heterocycles. The molecular formula is C14H20N4O. The molecule has 2 aromatic heterocycles. The maximum absolute atomic E-state index is 5.79. The number of aromatic nitrogens is 3. The first kappa shape index (κ1) is 12.4. The molecule has 1 aliphatic rings. The molecule has 0 amide bonds. The van der Waals surface area contributed by atoms with Crippen molar-refractivity contribution >= 4 is 11.6 Å². The van der Waals surface area contributed by atoms with Crippen molar-refractivity contribution in [2.24, 2.45) is 0 Å². The topological polar surface area (TPSA) is 51.5 Å². The van der Waals surface area contributed by atoms with Gasteiger partial charge in [-0.15, -0.1) is 5.10 Å². The highest BCUT2D eigenvalue weighted by Gasteiger charge is 2.14. The minimum atomic E-state index is 0.471. The zero-order valence-corrected chi connectivity index (χ0v) is 11.3. The van der Waals surface area contributed by atoms with Gasteiger partial charge >= 0.3 is 0 Å². The molecule has 1 saturated carbocycles. The minimum Gasteiger partial charge on any atom is -0.376 e. The van der Waals surface area contributed by atoms with Gasteiger partial charge in [-0.2, -0.15) is 4.98 Å². The van der Waals surface area contributed by atoms with Crippen LogP contribution in [0.4, 0.5) is 5.95 Å². The Kier molecular flexibility index (Phi) is 3.64. The zero-order chi connectivity index (χ0) is 13.1. The largest absolute Gasteiger partial charge is 0.376 e. The van der Waals surface area contributed by atoms with Crippen LogP contribution in [0.2, 0.25) is 0 Å². The number of aryl methyl sites for hydroxylation is 1. The monoisotopic (exact) mass is 260 g/mol. The molecule has 1 aliphatic carbocycles. The Morgan fingerprint density at radius 2 is 2.21 bits per heavy atom. The van der Waals surface area contributed by atoms with Gasteiger partial charge in [-0.25, -0.2) is 4.52 Å². The van der Waals surface area contributed by atoms with Crippen LogP contribution in [0.15, 0.2) is 18.3 Å². The van der Waals surface area contributed by atoms with Gasteiger partial charge in [-0.3, -0.25) is 0 Å². The van der Waals surface area contributed by atoms with Crippen LogP contribution in [-0.2, 0) is 4.74 Å². The lowest BCUT2D eigenvalue weighted by Gasteiger charge is -2.10. The van der Waals surface area contributed by atoms with Crippen molar-refractivity contribution in [3.8, 4) is 0 Å². The van der Waals surface area contributed by atoms with Gasteiger partial charge < -0.3 is 10.1 Å². The van der Waals surface area contributed by atoms with E-state index in [1.807, 2.05) is 25.3 Å². The van der Waals surface area contributed by atoms with Crippen LogP contribution in [0.25, 0.3) is 5.65 Å². The van der Waals surface area contributed by atoms with Crippen molar-refractivity contribution in [1.82, 2.24) is 14.6 Å². The lowest BCUT2D eigenvalue weighted by atomic mass is 10.3. The van der Waals surface area contributed by atoms with Gasteiger partial charge in [0.2, 0.25) is 5.95 Å². The SMILES string of the molecule is Cc1ccc2nc(NCCOC3CCCC3)nn2c1. The Morgan fingerprint density at radius 1 is 1.37 bits per heavy atom. The van der Waals surface area contributed by atoms with Crippen molar-refractivity contribution in [2.45, 2.75) is 38.7 Å². The number of pyridine rings is 1. The summed E-state index contributed by atoms with van der Waals surface area (Å²) >= 11 is 0. The van der Waals surface area contributed by atoms with Crippen LogP contribution >= 0.6 is 0 Å². The Bertz CT molecular complexity index is 545. The first-order valence-corrected chi connectivity index (χ1v) is 7.00. The Morgan fingerprint density at radius 3 is 3.05 bits per heavy atom. The van der Waals surface area contributed by atoms with Crippen LogP contribution < -0.4 is 5.32 Å². The van der Waals surface area contributed by atoms with Gasteiger partial charge in [0.05, 0.1) is 12.7 Å². The van der Waals surface area contributed by atoms with Crippen LogP contribution in [-0.4, -0.2) is 33.9 Å². The first-order chi connectivity index (χ1) is 9.31. The Labute approximate surface area is 113 Å². The molecule has 0 aromatic carbocycles. The third-order valence-corrected chi connectivity index (χ3v) is 3.52. The molecule has 5 heteroatoms. The average Bonchev–Trinajstić information content (AvgIpc) is 3.02. The number of nitrogens with zero attached hydrogens (tertiary/aromatic N) is 3. The summed E-state index contributed by atoms with van der Waals surface area (Å²) in [4.78, 5) is 4.41. The molecule has 2 aromatic rings. The summed E-state index contributed by atoms with van der Waals surface area (Å²) in [6.45, 7) is 3.52. The minimum absolute atomic E-state index is 0.471. The molecule has 1 N–H and O–H groups in total. The number of nitrogens with one attached hydrogen (secondary N) is 1. The maximum Gasteiger partial charge on any atom is 0.243 e. The number of ether oxygens (including phenoxy) is 1. The van der Waals surface area contributed by atoms with Gasteiger partial charge in [0.15, 0.2) is 5.65 Å². The predicted octanol–water partition coefficient (Wildman–Crippen LogP) is 2.41. The lowest BCUT2D eigenvalue weighted by molar-refractivity contribution is 0.0658. The van der Waals surface area contributed by atoms with E-state index in [1.54, 1.807) is 4.52 Å². The fourth-order valence-electron chi connectivity index (χ4n) is 2.50. The normalized spacial score (nSPS) is 16.3.